The lowest BCUT2D eigenvalue weighted by atomic mass is 9.52. The second-order valence-electron chi connectivity index (χ2n) is 9.63. The van der Waals surface area contributed by atoms with Crippen LogP contribution in [0.15, 0.2) is 24.3 Å². The summed E-state index contributed by atoms with van der Waals surface area (Å²) in [6, 6.07) is 8.13. The number of hydrogen-bond donors (Lipinski definition) is 0. The zero-order valence-electron chi connectivity index (χ0n) is 18.8. The van der Waals surface area contributed by atoms with E-state index in [0.717, 1.165) is 48.3 Å². The van der Waals surface area contributed by atoms with Crippen molar-refractivity contribution < 1.29 is 19.0 Å². The standard InChI is InChI=1S/C25H37NO4/c1-4-29-8-9-30-18(2)24(27)26(17-19-6-5-7-23(13-19)28-3)25-14-20-10-21(15-25)12-22(11-20)16-25/h5-7,13,18,20-22H,4,8-12,14-17H2,1-3H3. The molecule has 0 aliphatic heterocycles. The average molecular weight is 416 g/mol. The molecule has 5 heteroatoms. The molecular formula is C25H37NO4. The number of amides is 1. The van der Waals surface area contributed by atoms with Crippen LogP contribution < -0.4 is 4.74 Å². The van der Waals surface area contributed by atoms with Crippen LogP contribution >= 0.6 is 0 Å². The molecule has 5 nitrogen and oxygen atoms in total. The number of rotatable bonds is 10. The lowest BCUT2D eigenvalue weighted by Gasteiger charge is -2.60. The quantitative estimate of drug-likeness (QED) is 0.530. The van der Waals surface area contributed by atoms with Gasteiger partial charge in [-0.2, -0.15) is 0 Å². The van der Waals surface area contributed by atoms with Crippen LogP contribution in [0.25, 0.3) is 0 Å². The van der Waals surface area contributed by atoms with Gasteiger partial charge in [0.25, 0.3) is 5.91 Å². The molecule has 0 saturated heterocycles. The number of carbonyl (C=O) groups excluding carboxylic acids is 1. The molecule has 4 aliphatic carbocycles. The SMILES string of the molecule is CCOCCOC(C)C(=O)N(Cc1cccc(OC)c1)C12CC3CC(CC(C3)C1)C2. The van der Waals surface area contributed by atoms with Crippen LogP contribution in [0.5, 0.6) is 5.75 Å². The molecule has 1 aromatic rings. The van der Waals surface area contributed by atoms with E-state index in [1.54, 1.807) is 7.11 Å². The summed E-state index contributed by atoms with van der Waals surface area (Å²) < 4.78 is 16.7. The molecule has 4 saturated carbocycles. The summed E-state index contributed by atoms with van der Waals surface area (Å²) in [6.07, 6.45) is 7.09. The van der Waals surface area contributed by atoms with Gasteiger partial charge in [-0.15, -0.1) is 0 Å². The number of benzene rings is 1. The summed E-state index contributed by atoms with van der Waals surface area (Å²) in [5.74, 6) is 3.31. The minimum atomic E-state index is -0.455. The average Bonchev–Trinajstić information content (AvgIpc) is 2.73. The number of methoxy groups -OCH3 is 1. The Hall–Kier alpha value is -1.59. The highest BCUT2D eigenvalue weighted by molar-refractivity contribution is 5.81. The number of carbonyl (C=O) groups is 1. The Morgan fingerprint density at radius 3 is 2.40 bits per heavy atom. The molecule has 1 aromatic carbocycles. The third-order valence-corrected chi connectivity index (χ3v) is 7.47. The van der Waals surface area contributed by atoms with Crippen molar-refractivity contribution in [1.29, 1.82) is 0 Å². The minimum Gasteiger partial charge on any atom is -0.497 e. The monoisotopic (exact) mass is 415 g/mol. The van der Waals surface area contributed by atoms with Gasteiger partial charge >= 0.3 is 0 Å². The Kier molecular flexibility index (Phi) is 6.69. The molecule has 0 N–H and O–H groups in total. The van der Waals surface area contributed by atoms with Gasteiger partial charge in [-0.25, -0.2) is 0 Å². The first kappa shape index (κ1) is 21.6. The molecule has 4 aliphatic rings. The van der Waals surface area contributed by atoms with E-state index in [1.165, 1.54) is 19.3 Å². The highest BCUT2D eigenvalue weighted by Gasteiger charge is 2.55. The van der Waals surface area contributed by atoms with Crippen LogP contribution in [-0.4, -0.2) is 49.4 Å². The van der Waals surface area contributed by atoms with Crippen molar-refractivity contribution in [1.82, 2.24) is 4.90 Å². The van der Waals surface area contributed by atoms with Crippen molar-refractivity contribution in [3.05, 3.63) is 29.8 Å². The van der Waals surface area contributed by atoms with E-state index in [9.17, 15) is 4.79 Å². The summed E-state index contributed by atoms with van der Waals surface area (Å²) in [5.41, 5.74) is 1.12. The predicted octanol–water partition coefficient (Wildman–Crippen LogP) is 4.43. The molecule has 30 heavy (non-hydrogen) atoms. The largest absolute Gasteiger partial charge is 0.497 e. The Bertz CT molecular complexity index is 698. The summed E-state index contributed by atoms with van der Waals surface area (Å²) in [4.78, 5) is 15.9. The van der Waals surface area contributed by atoms with Gasteiger partial charge in [0.05, 0.1) is 20.3 Å². The molecule has 4 bridgehead atoms. The maximum Gasteiger partial charge on any atom is 0.252 e. The van der Waals surface area contributed by atoms with Crippen molar-refractivity contribution >= 4 is 5.91 Å². The van der Waals surface area contributed by atoms with Crippen molar-refractivity contribution in [2.75, 3.05) is 26.9 Å². The highest BCUT2D eigenvalue weighted by Crippen LogP contribution is 2.58. The van der Waals surface area contributed by atoms with Crippen LogP contribution in [0.3, 0.4) is 0 Å². The summed E-state index contributed by atoms with van der Waals surface area (Å²) in [7, 11) is 1.69. The molecule has 1 atom stereocenters. The lowest BCUT2D eigenvalue weighted by molar-refractivity contribution is -0.163. The van der Waals surface area contributed by atoms with E-state index in [1.807, 2.05) is 26.0 Å². The summed E-state index contributed by atoms with van der Waals surface area (Å²) in [5, 5.41) is 0. The van der Waals surface area contributed by atoms with Crippen molar-refractivity contribution in [2.24, 2.45) is 17.8 Å². The first-order valence-electron chi connectivity index (χ1n) is 11.7. The summed E-state index contributed by atoms with van der Waals surface area (Å²) in [6.45, 7) is 6.14. The maximum atomic E-state index is 13.7. The molecule has 1 amide bonds. The Labute approximate surface area is 181 Å². The molecular weight excluding hydrogens is 378 g/mol. The van der Waals surface area contributed by atoms with Gasteiger partial charge in [-0.1, -0.05) is 12.1 Å². The van der Waals surface area contributed by atoms with E-state index < -0.39 is 6.10 Å². The van der Waals surface area contributed by atoms with Crippen LogP contribution in [0.2, 0.25) is 0 Å². The fourth-order valence-corrected chi connectivity index (χ4v) is 6.55. The number of hydrogen-bond acceptors (Lipinski definition) is 4. The number of nitrogens with zero attached hydrogens (tertiary/aromatic N) is 1. The van der Waals surface area contributed by atoms with E-state index in [2.05, 4.69) is 17.0 Å². The molecule has 4 fully saturated rings. The second kappa shape index (κ2) is 9.27. The van der Waals surface area contributed by atoms with Gasteiger partial charge in [0.2, 0.25) is 0 Å². The molecule has 0 radical (unpaired) electrons. The minimum absolute atomic E-state index is 0.00749. The van der Waals surface area contributed by atoms with Gasteiger partial charge in [0.1, 0.15) is 11.9 Å². The fraction of sp³-hybridized carbons (Fsp3) is 0.720. The van der Waals surface area contributed by atoms with Crippen LogP contribution in [0.1, 0.15) is 57.9 Å². The van der Waals surface area contributed by atoms with Crippen LogP contribution in [-0.2, 0) is 20.8 Å². The Balaban J connectivity index is 1.56. The van der Waals surface area contributed by atoms with Crippen molar-refractivity contribution in [3.63, 3.8) is 0 Å². The summed E-state index contributed by atoms with van der Waals surface area (Å²) >= 11 is 0. The van der Waals surface area contributed by atoms with Crippen LogP contribution in [0, 0.1) is 17.8 Å². The molecule has 166 valence electrons. The van der Waals surface area contributed by atoms with E-state index in [0.29, 0.717) is 26.4 Å². The smallest absolute Gasteiger partial charge is 0.252 e. The zero-order valence-corrected chi connectivity index (χ0v) is 18.8. The number of ether oxygens (including phenoxy) is 3. The third kappa shape index (κ3) is 4.52. The fourth-order valence-electron chi connectivity index (χ4n) is 6.55. The van der Waals surface area contributed by atoms with E-state index >= 15 is 0 Å². The Morgan fingerprint density at radius 1 is 1.13 bits per heavy atom. The highest BCUT2D eigenvalue weighted by atomic mass is 16.5. The van der Waals surface area contributed by atoms with Crippen molar-refractivity contribution in [3.8, 4) is 5.75 Å². The molecule has 1 unspecified atom stereocenters. The van der Waals surface area contributed by atoms with Gasteiger partial charge in [0.15, 0.2) is 0 Å². The first-order chi connectivity index (χ1) is 14.5. The van der Waals surface area contributed by atoms with Gasteiger partial charge in [-0.05, 0) is 87.8 Å². The normalized spacial score (nSPS) is 30.3. The third-order valence-electron chi connectivity index (χ3n) is 7.47. The molecule has 0 spiro atoms. The zero-order chi connectivity index (χ0) is 21.1. The Morgan fingerprint density at radius 2 is 1.80 bits per heavy atom. The van der Waals surface area contributed by atoms with Gasteiger partial charge < -0.3 is 19.1 Å². The van der Waals surface area contributed by atoms with Crippen molar-refractivity contribution in [2.45, 2.75) is 70.6 Å². The van der Waals surface area contributed by atoms with E-state index in [-0.39, 0.29) is 11.4 Å². The molecule has 0 heterocycles. The predicted molar refractivity (Wildman–Crippen MR) is 116 cm³/mol. The topological polar surface area (TPSA) is 48.0 Å². The molecule has 5 rings (SSSR count). The lowest BCUT2D eigenvalue weighted by Crippen LogP contribution is -2.62. The second-order valence-corrected chi connectivity index (χ2v) is 9.63. The first-order valence-corrected chi connectivity index (χ1v) is 11.7. The maximum absolute atomic E-state index is 13.7. The van der Waals surface area contributed by atoms with Gasteiger partial charge in [0, 0.05) is 18.7 Å². The molecule has 0 aromatic heterocycles. The van der Waals surface area contributed by atoms with Gasteiger partial charge in [-0.3, -0.25) is 4.79 Å². The van der Waals surface area contributed by atoms with E-state index in [4.69, 9.17) is 14.2 Å². The van der Waals surface area contributed by atoms with Crippen LogP contribution in [0.4, 0.5) is 0 Å².